The molecule has 0 saturated heterocycles. The standard InChI is InChI=1S/C14H23NO2S/c1-12-4-7-14(8-5-12)9-6-13(2)15-10-11-18(3,16)17/h4-5,7-8,13,15H,6,9-11H2,1-3H3. The van der Waals surface area contributed by atoms with Gasteiger partial charge in [0.1, 0.15) is 9.84 Å². The lowest BCUT2D eigenvalue weighted by molar-refractivity contribution is 0.527. The topological polar surface area (TPSA) is 46.2 Å². The molecule has 1 aromatic carbocycles. The zero-order valence-electron chi connectivity index (χ0n) is 11.4. The number of sulfone groups is 1. The van der Waals surface area contributed by atoms with Crippen LogP contribution in [-0.4, -0.2) is 33.0 Å². The fraction of sp³-hybridized carbons (Fsp3) is 0.571. The number of benzene rings is 1. The van der Waals surface area contributed by atoms with Crippen LogP contribution in [0.25, 0.3) is 0 Å². The van der Waals surface area contributed by atoms with Crippen molar-refractivity contribution in [3.05, 3.63) is 35.4 Å². The smallest absolute Gasteiger partial charge is 0.148 e. The van der Waals surface area contributed by atoms with E-state index in [4.69, 9.17) is 0 Å². The maximum absolute atomic E-state index is 11.0. The van der Waals surface area contributed by atoms with Gasteiger partial charge in [-0.3, -0.25) is 0 Å². The van der Waals surface area contributed by atoms with Gasteiger partial charge in [-0.05, 0) is 32.3 Å². The van der Waals surface area contributed by atoms with Gasteiger partial charge in [0.2, 0.25) is 0 Å². The van der Waals surface area contributed by atoms with E-state index in [1.807, 2.05) is 0 Å². The second-order valence-corrected chi connectivity index (χ2v) is 7.27. The summed E-state index contributed by atoms with van der Waals surface area (Å²) in [6, 6.07) is 8.89. The first-order chi connectivity index (χ1) is 8.37. The van der Waals surface area contributed by atoms with E-state index in [1.165, 1.54) is 17.4 Å². The summed E-state index contributed by atoms with van der Waals surface area (Å²) in [6.45, 7) is 4.71. The van der Waals surface area contributed by atoms with Crippen LogP contribution in [0.3, 0.4) is 0 Å². The Kier molecular flexibility index (Phi) is 5.82. The second-order valence-electron chi connectivity index (χ2n) is 5.01. The Balaban J connectivity index is 2.24. The van der Waals surface area contributed by atoms with Crippen LogP contribution >= 0.6 is 0 Å². The molecule has 102 valence electrons. The number of aryl methyl sites for hydroxylation is 2. The molecule has 0 fully saturated rings. The number of hydrogen-bond donors (Lipinski definition) is 1. The summed E-state index contributed by atoms with van der Waals surface area (Å²) in [5, 5.41) is 3.24. The van der Waals surface area contributed by atoms with Gasteiger partial charge in [0.15, 0.2) is 0 Å². The van der Waals surface area contributed by atoms with Gasteiger partial charge >= 0.3 is 0 Å². The van der Waals surface area contributed by atoms with Gasteiger partial charge in [-0.15, -0.1) is 0 Å². The van der Waals surface area contributed by atoms with E-state index in [2.05, 4.69) is 43.4 Å². The molecular formula is C14H23NO2S. The SMILES string of the molecule is Cc1ccc(CCC(C)NCCS(C)(=O)=O)cc1. The van der Waals surface area contributed by atoms with Crippen molar-refractivity contribution in [2.24, 2.45) is 0 Å². The Hall–Kier alpha value is -0.870. The summed E-state index contributed by atoms with van der Waals surface area (Å²) in [5.74, 6) is 0.210. The Morgan fingerprint density at radius 3 is 2.39 bits per heavy atom. The van der Waals surface area contributed by atoms with Crippen molar-refractivity contribution in [2.45, 2.75) is 32.7 Å². The minimum absolute atomic E-state index is 0.210. The summed E-state index contributed by atoms with van der Waals surface area (Å²) >= 11 is 0. The summed E-state index contributed by atoms with van der Waals surface area (Å²) in [5.41, 5.74) is 2.61. The molecular weight excluding hydrogens is 246 g/mol. The van der Waals surface area contributed by atoms with Crippen LogP contribution in [-0.2, 0) is 16.3 Å². The lowest BCUT2D eigenvalue weighted by atomic mass is 10.0. The van der Waals surface area contributed by atoms with E-state index in [0.29, 0.717) is 12.6 Å². The van der Waals surface area contributed by atoms with Crippen LogP contribution in [0.2, 0.25) is 0 Å². The molecule has 1 N–H and O–H groups in total. The predicted octanol–water partition coefficient (Wildman–Crippen LogP) is 1.95. The molecule has 1 atom stereocenters. The van der Waals surface area contributed by atoms with E-state index in [-0.39, 0.29) is 5.75 Å². The highest BCUT2D eigenvalue weighted by Crippen LogP contribution is 2.07. The van der Waals surface area contributed by atoms with Gasteiger partial charge in [0.05, 0.1) is 5.75 Å². The molecule has 1 rings (SSSR count). The molecule has 1 unspecified atom stereocenters. The van der Waals surface area contributed by atoms with E-state index in [1.54, 1.807) is 0 Å². The molecule has 0 aliphatic rings. The molecule has 4 heteroatoms. The highest BCUT2D eigenvalue weighted by Gasteiger charge is 2.05. The summed E-state index contributed by atoms with van der Waals surface area (Å²) in [7, 11) is -2.85. The minimum Gasteiger partial charge on any atom is -0.313 e. The Morgan fingerprint density at radius 2 is 1.83 bits per heavy atom. The summed E-state index contributed by atoms with van der Waals surface area (Å²) in [4.78, 5) is 0. The number of nitrogens with one attached hydrogen (secondary N) is 1. The molecule has 0 aliphatic carbocycles. The van der Waals surface area contributed by atoms with Crippen LogP contribution in [0.4, 0.5) is 0 Å². The van der Waals surface area contributed by atoms with Crippen molar-refractivity contribution >= 4 is 9.84 Å². The lowest BCUT2D eigenvalue weighted by Gasteiger charge is -2.13. The first-order valence-corrected chi connectivity index (χ1v) is 8.39. The molecule has 18 heavy (non-hydrogen) atoms. The molecule has 0 spiro atoms. The number of rotatable bonds is 7. The number of hydrogen-bond acceptors (Lipinski definition) is 3. The Morgan fingerprint density at radius 1 is 1.22 bits per heavy atom. The molecule has 3 nitrogen and oxygen atoms in total. The Labute approximate surface area is 111 Å². The van der Waals surface area contributed by atoms with Crippen LogP contribution in [0.1, 0.15) is 24.5 Å². The maximum atomic E-state index is 11.0. The fourth-order valence-electron chi connectivity index (χ4n) is 1.73. The van der Waals surface area contributed by atoms with Gasteiger partial charge in [0.25, 0.3) is 0 Å². The molecule has 0 bridgehead atoms. The molecule has 1 aromatic rings. The first-order valence-electron chi connectivity index (χ1n) is 6.33. The third-order valence-electron chi connectivity index (χ3n) is 2.95. The van der Waals surface area contributed by atoms with Crippen LogP contribution in [0.5, 0.6) is 0 Å². The summed E-state index contributed by atoms with van der Waals surface area (Å²) in [6.07, 6.45) is 3.31. The lowest BCUT2D eigenvalue weighted by Crippen LogP contribution is -2.31. The molecule has 0 saturated carbocycles. The molecule has 0 aliphatic heterocycles. The fourth-order valence-corrected chi connectivity index (χ4v) is 2.22. The van der Waals surface area contributed by atoms with Crippen LogP contribution in [0, 0.1) is 6.92 Å². The largest absolute Gasteiger partial charge is 0.313 e. The van der Waals surface area contributed by atoms with Crippen LogP contribution in [0.15, 0.2) is 24.3 Å². The van der Waals surface area contributed by atoms with E-state index in [0.717, 1.165) is 12.8 Å². The van der Waals surface area contributed by atoms with Crippen molar-refractivity contribution in [3.63, 3.8) is 0 Å². The van der Waals surface area contributed by atoms with Crippen molar-refractivity contribution in [1.82, 2.24) is 5.32 Å². The Bertz CT molecular complexity index is 451. The van der Waals surface area contributed by atoms with Crippen molar-refractivity contribution in [2.75, 3.05) is 18.6 Å². The van der Waals surface area contributed by atoms with Gasteiger partial charge in [-0.1, -0.05) is 29.8 Å². The monoisotopic (exact) mass is 269 g/mol. The molecule has 0 aromatic heterocycles. The van der Waals surface area contributed by atoms with Gasteiger partial charge in [0, 0.05) is 18.8 Å². The quantitative estimate of drug-likeness (QED) is 0.823. The second kappa shape index (κ2) is 6.90. The molecule has 0 amide bonds. The minimum atomic E-state index is -2.85. The zero-order valence-corrected chi connectivity index (χ0v) is 12.3. The third kappa shape index (κ3) is 6.77. The molecule has 0 heterocycles. The van der Waals surface area contributed by atoms with Gasteiger partial charge in [-0.2, -0.15) is 0 Å². The highest BCUT2D eigenvalue weighted by molar-refractivity contribution is 7.90. The molecule has 0 radical (unpaired) electrons. The third-order valence-corrected chi connectivity index (χ3v) is 3.90. The van der Waals surface area contributed by atoms with Crippen molar-refractivity contribution in [3.8, 4) is 0 Å². The van der Waals surface area contributed by atoms with Crippen molar-refractivity contribution in [1.29, 1.82) is 0 Å². The average Bonchev–Trinajstić information content (AvgIpc) is 2.26. The van der Waals surface area contributed by atoms with E-state index in [9.17, 15) is 8.42 Å². The van der Waals surface area contributed by atoms with Crippen LogP contribution < -0.4 is 5.32 Å². The average molecular weight is 269 g/mol. The van der Waals surface area contributed by atoms with Gasteiger partial charge < -0.3 is 5.32 Å². The zero-order chi connectivity index (χ0) is 13.6. The van der Waals surface area contributed by atoms with Gasteiger partial charge in [-0.25, -0.2) is 8.42 Å². The van der Waals surface area contributed by atoms with E-state index < -0.39 is 9.84 Å². The van der Waals surface area contributed by atoms with E-state index >= 15 is 0 Å². The predicted molar refractivity (Wildman–Crippen MR) is 76.7 cm³/mol. The first kappa shape index (κ1) is 15.2. The summed E-state index contributed by atoms with van der Waals surface area (Å²) < 4.78 is 22.0. The van der Waals surface area contributed by atoms with Crippen molar-refractivity contribution < 1.29 is 8.42 Å². The highest BCUT2D eigenvalue weighted by atomic mass is 32.2. The maximum Gasteiger partial charge on any atom is 0.148 e. The normalized spacial score (nSPS) is 13.5.